The van der Waals surface area contributed by atoms with Gasteiger partial charge in [-0.25, -0.2) is 17.5 Å². The Morgan fingerprint density at radius 3 is 2.68 bits per heavy atom. The summed E-state index contributed by atoms with van der Waals surface area (Å²) in [5, 5.41) is 0.404. The Balaban J connectivity index is 2.41. The molecule has 0 amide bonds. The molecule has 0 bridgehead atoms. The Hall–Kier alpha value is -0.690. The predicted octanol–water partition coefficient (Wildman–Crippen LogP) is 1.85. The van der Waals surface area contributed by atoms with Gasteiger partial charge < -0.3 is 4.90 Å². The Labute approximate surface area is 118 Å². The van der Waals surface area contributed by atoms with Crippen molar-refractivity contribution in [3.05, 3.63) is 34.6 Å². The number of halogens is 2. The third kappa shape index (κ3) is 6.33. The van der Waals surface area contributed by atoms with E-state index in [0.29, 0.717) is 36.6 Å². The van der Waals surface area contributed by atoms with Crippen LogP contribution >= 0.6 is 11.6 Å². The minimum atomic E-state index is -3.14. The smallest absolute Gasteiger partial charge is 0.208 e. The number of rotatable bonds is 7. The van der Waals surface area contributed by atoms with Gasteiger partial charge in [-0.3, -0.25) is 0 Å². The molecule has 0 aliphatic rings. The van der Waals surface area contributed by atoms with Crippen molar-refractivity contribution in [1.82, 2.24) is 9.62 Å². The molecule has 0 aromatic heterocycles. The molecule has 0 aliphatic carbocycles. The molecule has 0 radical (unpaired) electrons. The van der Waals surface area contributed by atoms with Crippen LogP contribution in [0.15, 0.2) is 18.2 Å². The molecule has 0 heterocycles. The summed E-state index contributed by atoms with van der Waals surface area (Å²) >= 11 is 5.94. The molecule has 19 heavy (non-hydrogen) atoms. The average molecular weight is 309 g/mol. The van der Waals surface area contributed by atoms with Crippen molar-refractivity contribution in [3.8, 4) is 0 Å². The highest BCUT2D eigenvalue weighted by molar-refractivity contribution is 7.88. The van der Waals surface area contributed by atoms with E-state index < -0.39 is 10.0 Å². The summed E-state index contributed by atoms with van der Waals surface area (Å²) in [6, 6.07) is 4.59. The van der Waals surface area contributed by atoms with Gasteiger partial charge in [0.05, 0.1) is 6.26 Å². The SMILES string of the molecule is CN(CCCNS(C)(=O)=O)Cc1c(F)cccc1Cl. The molecule has 1 aromatic carbocycles. The minimum Gasteiger partial charge on any atom is -0.302 e. The van der Waals surface area contributed by atoms with E-state index in [1.807, 2.05) is 11.9 Å². The van der Waals surface area contributed by atoms with Crippen molar-refractivity contribution in [2.75, 3.05) is 26.4 Å². The Morgan fingerprint density at radius 1 is 1.42 bits per heavy atom. The normalized spacial score (nSPS) is 12.1. The Bertz CT molecular complexity index is 502. The van der Waals surface area contributed by atoms with Crippen LogP contribution in [0.5, 0.6) is 0 Å². The minimum absolute atomic E-state index is 0.325. The fraction of sp³-hybridized carbons (Fsp3) is 0.500. The van der Waals surface area contributed by atoms with Crippen LogP contribution in [0.3, 0.4) is 0 Å². The number of hydrogen-bond acceptors (Lipinski definition) is 3. The van der Waals surface area contributed by atoms with E-state index in [9.17, 15) is 12.8 Å². The topological polar surface area (TPSA) is 49.4 Å². The van der Waals surface area contributed by atoms with Crippen molar-refractivity contribution < 1.29 is 12.8 Å². The van der Waals surface area contributed by atoms with E-state index in [1.54, 1.807) is 12.1 Å². The van der Waals surface area contributed by atoms with Crippen molar-refractivity contribution in [3.63, 3.8) is 0 Å². The first-order chi connectivity index (χ1) is 8.79. The van der Waals surface area contributed by atoms with Gasteiger partial charge in [-0.15, -0.1) is 0 Å². The predicted molar refractivity (Wildman–Crippen MR) is 75.2 cm³/mol. The Morgan fingerprint density at radius 2 is 2.11 bits per heavy atom. The zero-order valence-corrected chi connectivity index (χ0v) is 12.6. The van der Waals surface area contributed by atoms with Gasteiger partial charge in [0.1, 0.15) is 5.82 Å². The molecule has 0 atom stereocenters. The summed E-state index contributed by atoms with van der Waals surface area (Å²) in [6.45, 7) is 1.41. The molecular weight excluding hydrogens is 291 g/mol. The van der Waals surface area contributed by atoms with Crippen LogP contribution in [0.1, 0.15) is 12.0 Å². The second-order valence-electron chi connectivity index (χ2n) is 4.46. The van der Waals surface area contributed by atoms with Gasteiger partial charge in [-0.1, -0.05) is 17.7 Å². The molecule has 1 rings (SSSR count). The summed E-state index contributed by atoms with van der Waals surface area (Å²) in [5.41, 5.74) is 0.461. The highest BCUT2D eigenvalue weighted by Gasteiger charge is 2.09. The number of nitrogens with one attached hydrogen (secondary N) is 1. The molecule has 1 N–H and O–H groups in total. The van der Waals surface area contributed by atoms with Gasteiger partial charge in [-0.2, -0.15) is 0 Å². The van der Waals surface area contributed by atoms with Crippen LogP contribution in [0.4, 0.5) is 4.39 Å². The summed E-state index contributed by atoms with van der Waals surface area (Å²) in [6.07, 6.45) is 1.77. The van der Waals surface area contributed by atoms with Gasteiger partial charge in [0.15, 0.2) is 0 Å². The van der Waals surface area contributed by atoms with Gasteiger partial charge >= 0.3 is 0 Å². The van der Waals surface area contributed by atoms with Gasteiger partial charge in [0, 0.05) is 23.7 Å². The van der Waals surface area contributed by atoms with Crippen molar-refractivity contribution in [2.45, 2.75) is 13.0 Å². The molecular formula is C12H18ClFN2O2S. The van der Waals surface area contributed by atoms with Crippen LogP contribution in [-0.4, -0.2) is 39.7 Å². The van der Waals surface area contributed by atoms with E-state index in [0.717, 1.165) is 6.26 Å². The van der Waals surface area contributed by atoms with Crippen LogP contribution in [0.2, 0.25) is 5.02 Å². The van der Waals surface area contributed by atoms with Crippen LogP contribution < -0.4 is 4.72 Å². The quantitative estimate of drug-likeness (QED) is 0.782. The van der Waals surface area contributed by atoms with Gasteiger partial charge in [0.25, 0.3) is 0 Å². The molecule has 7 heteroatoms. The Kier molecular flexibility index (Phi) is 6.19. The van der Waals surface area contributed by atoms with Crippen molar-refractivity contribution >= 4 is 21.6 Å². The lowest BCUT2D eigenvalue weighted by atomic mass is 10.2. The average Bonchev–Trinajstić information content (AvgIpc) is 2.28. The lowest BCUT2D eigenvalue weighted by Crippen LogP contribution is -2.27. The molecule has 0 unspecified atom stereocenters. The number of nitrogens with zero attached hydrogens (tertiary/aromatic N) is 1. The van der Waals surface area contributed by atoms with Crippen molar-refractivity contribution in [2.24, 2.45) is 0 Å². The molecule has 0 saturated carbocycles. The molecule has 0 saturated heterocycles. The van der Waals surface area contributed by atoms with Crippen LogP contribution in [0, 0.1) is 5.82 Å². The molecule has 0 fully saturated rings. The first kappa shape index (κ1) is 16.4. The summed E-state index contributed by atoms with van der Waals surface area (Å²) in [4.78, 5) is 1.90. The molecule has 0 aliphatic heterocycles. The lowest BCUT2D eigenvalue weighted by Gasteiger charge is -2.17. The molecule has 108 valence electrons. The third-order valence-electron chi connectivity index (χ3n) is 2.57. The standard InChI is InChI=1S/C12H18ClFN2O2S/c1-16(8-4-7-15-19(2,17)18)9-10-11(13)5-3-6-12(10)14/h3,5-6,15H,4,7-9H2,1-2H3. The number of sulfonamides is 1. The van der Waals surface area contributed by atoms with Gasteiger partial charge in [-0.05, 0) is 32.1 Å². The summed E-state index contributed by atoms with van der Waals surface area (Å²) < 4.78 is 37.7. The summed E-state index contributed by atoms with van der Waals surface area (Å²) in [7, 11) is -1.31. The number of hydrogen-bond donors (Lipinski definition) is 1. The maximum absolute atomic E-state index is 13.6. The van der Waals surface area contributed by atoms with E-state index in [1.165, 1.54) is 6.07 Å². The highest BCUT2D eigenvalue weighted by atomic mass is 35.5. The van der Waals surface area contributed by atoms with E-state index >= 15 is 0 Å². The second-order valence-corrected chi connectivity index (χ2v) is 6.70. The fourth-order valence-corrected chi connectivity index (χ4v) is 2.38. The monoisotopic (exact) mass is 308 g/mol. The lowest BCUT2D eigenvalue weighted by molar-refractivity contribution is 0.317. The molecule has 4 nitrogen and oxygen atoms in total. The fourth-order valence-electron chi connectivity index (χ4n) is 1.64. The highest BCUT2D eigenvalue weighted by Crippen LogP contribution is 2.20. The molecule has 1 aromatic rings. The zero-order valence-electron chi connectivity index (χ0n) is 11.0. The molecule has 0 spiro atoms. The maximum atomic E-state index is 13.6. The first-order valence-corrected chi connectivity index (χ1v) is 8.12. The largest absolute Gasteiger partial charge is 0.302 e. The maximum Gasteiger partial charge on any atom is 0.208 e. The van der Waals surface area contributed by atoms with Crippen LogP contribution in [-0.2, 0) is 16.6 Å². The van der Waals surface area contributed by atoms with Crippen molar-refractivity contribution in [1.29, 1.82) is 0 Å². The first-order valence-electron chi connectivity index (χ1n) is 5.85. The van der Waals surface area contributed by atoms with Crippen LogP contribution in [0.25, 0.3) is 0 Å². The number of benzene rings is 1. The van der Waals surface area contributed by atoms with Gasteiger partial charge in [0.2, 0.25) is 10.0 Å². The third-order valence-corrected chi connectivity index (χ3v) is 3.65. The van der Waals surface area contributed by atoms with E-state index in [-0.39, 0.29) is 5.82 Å². The second kappa shape index (κ2) is 7.19. The summed E-state index contributed by atoms with van der Waals surface area (Å²) in [5.74, 6) is -0.325. The van der Waals surface area contributed by atoms with E-state index in [2.05, 4.69) is 4.72 Å². The zero-order chi connectivity index (χ0) is 14.5. The van der Waals surface area contributed by atoms with E-state index in [4.69, 9.17) is 11.6 Å².